The van der Waals surface area contributed by atoms with Gasteiger partial charge in [-0.3, -0.25) is 0 Å². The number of para-hydroxylation sites is 1. The maximum atomic E-state index is 6.30. The summed E-state index contributed by atoms with van der Waals surface area (Å²) in [6.45, 7) is 11.6. The second-order valence-electron chi connectivity index (χ2n) is 6.63. The average Bonchev–Trinajstić information content (AvgIpc) is 2.81. The first-order valence-electron chi connectivity index (χ1n) is 6.96. The van der Waals surface area contributed by atoms with Gasteiger partial charge in [0.15, 0.2) is 0 Å². The third kappa shape index (κ3) is 3.28. The number of allylic oxidation sites excluding steroid dienone is 4. The van der Waals surface area contributed by atoms with Gasteiger partial charge in [0, 0.05) is 0 Å². The number of hydrogen-bond donors (Lipinski definition) is 0. The molecule has 0 bridgehead atoms. The van der Waals surface area contributed by atoms with Gasteiger partial charge >= 0.3 is 0 Å². The first-order chi connectivity index (χ1) is 8.81. The predicted octanol–water partition coefficient (Wildman–Crippen LogP) is 4.24. The minimum absolute atomic E-state index is 1.09. The van der Waals surface area contributed by atoms with Crippen molar-refractivity contribution in [3.05, 3.63) is 47.7 Å². The van der Waals surface area contributed by atoms with Gasteiger partial charge in [-0.2, -0.15) is 0 Å². The van der Waals surface area contributed by atoms with Crippen molar-refractivity contribution in [1.82, 2.24) is 0 Å². The summed E-state index contributed by atoms with van der Waals surface area (Å²) < 4.78 is 6.30. The summed E-state index contributed by atoms with van der Waals surface area (Å²) in [6.07, 6.45) is 8.02. The van der Waals surface area contributed by atoms with E-state index in [-0.39, 0.29) is 0 Å². The summed E-state index contributed by atoms with van der Waals surface area (Å²) in [5, 5.41) is 2.95. The third-order valence-corrected chi connectivity index (χ3v) is 7.88. The van der Waals surface area contributed by atoms with Crippen LogP contribution in [0.2, 0.25) is 32.7 Å². The number of benzene rings is 1. The second kappa shape index (κ2) is 5.14. The molecule has 1 aliphatic rings. The smallest absolute Gasteiger partial charge is 0.242 e. The van der Waals surface area contributed by atoms with Crippen molar-refractivity contribution in [3.63, 3.8) is 0 Å². The van der Waals surface area contributed by atoms with E-state index in [4.69, 9.17) is 4.43 Å². The Morgan fingerprint density at radius 3 is 2.26 bits per heavy atom. The highest BCUT2D eigenvalue weighted by atomic mass is 28.4. The van der Waals surface area contributed by atoms with E-state index in [9.17, 15) is 0 Å². The molecule has 1 nitrogen and oxygen atoms in total. The predicted molar refractivity (Wildman–Crippen MR) is 89.4 cm³/mol. The number of rotatable bonds is 4. The van der Waals surface area contributed by atoms with E-state index in [1.54, 1.807) is 0 Å². The summed E-state index contributed by atoms with van der Waals surface area (Å²) in [5.74, 6) is 1.11. The Balaban J connectivity index is 2.42. The molecular formula is C16H24OSi2. The van der Waals surface area contributed by atoms with E-state index >= 15 is 0 Å². The van der Waals surface area contributed by atoms with Crippen LogP contribution in [0.15, 0.2) is 47.7 Å². The summed E-state index contributed by atoms with van der Waals surface area (Å²) in [5.41, 5.74) is 0. The first kappa shape index (κ1) is 14.3. The van der Waals surface area contributed by atoms with Crippen LogP contribution in [0.4, 0.5) is 0 Å². The molecule has 19 heavy (non-hydrogen) atoms. The van der Waals surface area contributed by atoms with Crippen LogP contribution in [0.3, 0.4) is 0 Å². The Kier molecular flexibility index (Phi) is 3.88. The molecule has 0 fully saturated rings. The zero-order chi connectivity index (χ0) is 14.1. The Bertz CT molecular complexity index is 522. The van der Waals surface area contributed by atoms with Crippen molar-refractivity contribution in [2.75, 3.05) is 0 Å². The lowest BCUT2D eigenvalue weighted by molar-refractivity contribution is 0.562. The third-order valence-electron chi connectivity index (χ3n) is 3.47. The molecule has 0 spiro atoms. The second-order valence-corrected chi connectivity index (χ2v) is 15.4. The van der Waals surface area contributed by atoms with Crippen LogP contribution in [-0.4, -0.2) is 16.4 Å². The van der Waals surface area contributed by atoms with Gasteiger partial charge in [0.05, 0.1) is 0 Å². The van der Waals surface area contributed by atoms with Crippen molar-refractivity contribution in [1.29, 1.82) is 0 Å². The Morgan fingerprint density at radius 2 is 1.68 bits per heavy atom. The first-order valence-corrected chi connectivity index (χ1v) is 13.4. The quantitative estimate of drug-likeness (QED) is 0.753. The topological polar surface area (TPSA) is 9.23 Å². The molecule has 1 aromatic rings. The fourth-order valence-corrected chi connectivity index (χ4v) is 6.16. The van der Waals surface area contributed by atoms with Gasteiger partial charge in [0.2, 0.25) is 8.32 Å². The summed E-state index contributed by atoms with van der Waals surface area (Å²) in [6, 6.07) is 8.62. The van der Waals surface area contributed by atoms with Gasteiger partial charge in [-0.15, -0.1) is 0 Å². The zero-order valence-electron chi connectivity index (χ0n) is 12.7. The molecule has 1 aromatic carbocycles. The summed E-state index contributed by atoms with van der Waals surface area (Å²) in [7, 11) is -3.18. The summed E-state index contributed by atoms with van der Waals surface area (Å²) in [4.78, 5) is 0. The highest BCUT2D eigenvalue weighted by Crippen LogP contribution is 2.26. The average molecular weight is 289 g/mol. The van der Waals surface area contributed by atoms with Crippen LogP contribution in [0.25, 0.3) is 0 Å². The molecule has 0 N–H and O–H groups in total. The highest BCUT2D eigenvalue weighted by molar-refractivity contribution is 6.96. The van der Waals surface area contributed by atoms with Crippen molar-refractivity contribution in [2.45, 2.75) is 39.2 Å². The normalized spacial score (nSPS) is 15.5. The van der Waals surface area contributed by atoms with Crippen LogP contribution >= 0.6 is 0 Å². The van der Waals surface area contributed by atoms with Crippen LogP contribution in [0, 0.1) is 0 Å². The highest BCUT2D eigenvalue weighted by Gasteiger charge is 2.31. The lowest BCUT2D eigenvalue weighted by atomic mass is 10.3. The Hall–Kier alpha value is -1.07. The standard InChI is InChI=1S/C16H24OSi2/c1-18(2,3)17-15-12-8-9-13-16(15)19(4,5)14-10-6-7-11-14/h6,8-13H,7H2,1-5H3. The van der Waals surface area contributed by atoms with Crippen molar-refractivity contribution >= 4 is 21.6 Å². The molecule has 0 saturated heterocycles. The molecule has 0 radical (unpaired) electrons. The molecule has 0 heterocycles. The van der Waals surface area contributed by atoms with Crippen LogP contribution in [0.5, 0.6) is 5.75 Å². The Labute approximate surface area is 119 Å². The SMILES string of the molecule is C[Si](C)(C)Oc1ccccc1[Si](C)(C)C1=CCC=C1. The molecule has 0 saturated carbocycles. The zero-order valence-corrected chi connectivity index (χ0v) is 14.7. The monoisotopic (exact) mass is 288 g/mol. The van der Waals surface area contributed by atoms with E-state index in [1.807, 2.05) is 0 Å². The molecule has 0 amide bonds. The van der Waals surface area contributed by atoms with Gasteiger partial charge in [-0.05, 0) is 37.3 Å². The van der Waals surface area contributed by atoms with E-state index < -0.39 is 16.4 Å². The van der Waals surface area contributed by atoms with E-state index in [2.05, 4.69) is 75.2 Å². The van der Waals surface area contributed by atoms with Gasteiger partial charge in [-0.25, -0.2) is 0 Å². The molecular weight excluding hydrogens is 264 g/mol. The van der Waals surface area contributed by atoms with Gasteiger partial charge < -0.3 is 4.43 Å². The maximum absolute atomic E-state index is 6.30. The fourth-order valence-electron chi connectivity index (χ4n) is 2.48. The van der Waals surface area contributed by atoms with Crippen molar-refractivity contribution in [2.24, 2.45) is 0 Å². The molecule has 2 rings (SSSR count). The van der Waals surface area contributed by atoms with E-state index in [1.165, 1.54) is 10.4 Å². The fraction of sp³-hybridized carbons (Fsp3) is 0.375. The largest absolute Gasteiger partial charge is 0.544 e. The van der Waals surface area contributed by atoms with Crippen molar-refractivity contribution < 1.29 is 4.43 Å². The van der Waals surface area contributed by atoms with E-state index in [0.29, 0.717) is 0 Å². The molecule has 0 unspecified atom stereocenters. The van der Waals surface area contributed by atoms with Gasteiger partial charge in [0.1, 0.15) is 13.8 Å². The minimum atomic E-state index is -1.62. The van der Waals surface area contributed by atoms with Crippen LogP contribution < -0.4 is 9.61 Å². The molecule has 0 atom stereocenters. The van der Waals surface area contributed by atoms with Gasteiger partial charge in [-0.1, -0.05) is 54.7 Å². The van der Waals surface area contributed by atoms with Gasteiger partial charge in [0.25, 0.3) is 0 Å². The molecule has 3 heteroatoms. The van der Waals surface area contributed by atoms with Crippen LogP contribution in [0.1, 0.15) is 6.42 Å². The van der Waals surface area contributed by atoms with Crippen molar-refractivity contribution in [3.8, 4) is 5.75 Å². The lowest BCUT2D eigenvalue weighted by Crippen LogP contribution is -2.45. The summed E-state index contributed by atoms with van der Waals surface area (Å²) >= 11 is 0. The molecule has 1 aliphatic carbocycles. The lowest BCUT2D eigenvalue weighted by Gasteiger charge is -2.29. The minimum Gasteiger partial charge on any atom is -0.544 e. The molecule has 102 valence electrons. The number of hydrogen-bond acceptors (Lipinski definition) is 1. The van der Waals surface area contributed by atoms with E-state index in [0.717, 1.165) is 12.2 Å². The maximum Gasteiger partial charge on any atom is 0.242 e. The Morgan fingerprint density at radius 1 is 1.00 bits per heavy atom. The molecule has 0 aromatic heterocycles. The van der Waals surface area contributed by atoms with Crippen LogP contribution in [-0.2, 0) is 0 Å². The molecule has 0 aliphatic heterocycles.